The molecule has 7 rings (SSSR count). The molecular formula is C28H21F5N4. The first kappa shape index (κ1) is 23.5. The van der Waals surface area contributed by atoms with Crippen molar-refractivity contribution in [2.75, 3.05) is 5.32 Å². The normalized spacial score (nSPS) is 20.8. The van der Waals surface area contributed by atoms with Gasteiger partial charge in [-0.15, -0.1) is 0 Å². The first-order chi connectivity index (χ1) is 17.8. The van der Waals surface area contributed by atoms with E-state index in [1.807, 2.05) is 6.07 Å². The molecule has 2 heterocycles. The quantitative estimate of drug-likeness (QED) is 0.281. The Kier molecular flexibility index (Phi) is 5.63. The zero-order valence-electron chi connectivity index (χ0n) is 19.5. The summed E-state index contributed by atoms with van der Waals surface area (Å²) in [6, 6.07) is 6.58. The van der Waals surface area contributed by atoms with E-state index >= 15 is 4.39 Å². The summed E-state index contributed by atoms with van der Waals surface area (Å²) in [6.07, 6.45) is 6.52. The molecule has 3 aliphatic rings. The molecule has 1 atom stereocenters. The van der Waals surface area contributed by atoms with Crippen LogP contribution in [0.2, 0.25) is 0 Å². The number of nitrogens with zero attached hydrogens (tertiary/aromatic N) is 2. The van der Waals surface area contributed by atoms with Crippen LogP contribution in [-0.2, 0) is 0 Å². The predicted octanol–water partition coefficient (Wildman–Crippen LogP) is 7.45. The molecule has 0 spiro atoms. The van der Waals surface area contributed by atoms with Crippen molar-refractivity contribution in [3.8, 4) is 28.5 Å². The molecule has 2 N–H and O–H groups in total. The molecule has 188 valence electrons. The Morgan fingerprint density at radius 3 is 2.41 bits per heavy atom. The van der Waals surface area contributed by atoms with Crippen LogP contribution in [-0.4, -0.2) is 16.0 Å². The van der Waals surface area contributed by atoms with Gasteiger partial charge in [0.05, 0.1) is 16.8 Å². The van der Waals surface area contributed by atoms with Gasteiger partial charge in [0.25, 0.3) is 0 Å². The molecule has 2 aromatic carbocycles. The highest BCUT2D eigenvalue weighted by atomic mass is 19.2. The van der Waals surface area contributed by atoms with Crippen molar-refractivity contribution in [1.82, 2.24) is 9.97 Å². The SMILES string of the molecule is N#Cc1c(-c2c[nH]c3c(F)cc(F)cc23)nc(NC2CC3CCC2CC3)c(F)c1-c1ccc(F)c(F)c1. The summed E-state index contributed by atoms with van der Waals surface area (Å²) in [5.74, 6) is -4.11. The van der Waals surface area contributed by atoms with E-state index in [1.54, 1.807) is 0 Å². The number of pyridine rings is 1. The molecule has 0 aliphatic heterocycles. The van der Waals surface area contributed by atoms with Crippen LogP contribution in [0.1, 0.15) is 37.7 Å². The lowest BCUT2D eigenvalue weighted by Crippen LogP contribution is -2.40. The van der Waals surface area contributed by atoms with Crippen LogP contribution in [0, 0.1) is 52.3 Å². The average molecular weight is 508 g/mol. The Morgan fingerprint density at radius 1 is 0.946 bits per heavy atom. The Hall–Kier alpha value is -3.93. The highest BCUT2D eigenvalue weighted by molar-refractivity contribution is 5.98. The maximum Gasteiger partial charge on any atom is 0.174 e. The minimum absolute atomic E-state index is 0.000101. The molecule has 3 fully saturated rings. The maximum absolute atomic E-state index is 16.1. The number of halogens is 5. The molecular weight excluding hydrogens is 487 g/mol. The number of anilines is 1. The highest BCUT2D eigenvalue weighted by Crippen LogP contribution is 2.44. The number of H-pyrrole nitrogens is 1. The van der Waals surface area contributed by atoms with Crippen molar-refractivity contribution < 1.29 is 22.0 Å². The van der Waals surface area contributed by atoms with Crippen molar-refractivity contribution in [2.24, 2.45) is 11.8 Å². The molecule has 1 unspecified atom stereocenters. The van der Waals surface area contributed by atoms with Gasteiger partial charge in [0.15, 0.2) is 23.3 Å². The fraction of sp³-hybridized carbons (Fsp3) is 0.286. The number of rotatable bonds is 4. The summed E-state index contributed by atoms with van der Waals surface area (Å²) in [5.41, 5.74) is -0.418. The van der Waals surface area contributed by atoms with Gasteiger partial charge >= 0.3 is 0 Å². The van der Waals surface area contributed by atoms with Crippen molar-refractivity contribution in [3.63, 3.8) is 0 Å². The van der Waals surface area contributed by atoms with Gasteiger partial charge in [-0.05, 0) is 54.9 Å². The first-order valence-corrected chi connectivity index (χ1v) is 12.2. The summed E-state index contributed by atoms with van der Waals surface area (Å²) in [7, 11) is 0. The summed E-state index contributed by atoms with van der Waals surface area (Å²) < 4.78 is 72.5. The monoisotopic (exact) mass is 508 g/mol. The van der Waals surface area contributed by atoms with E-state index in [1.165, 1.54) is 12.3 Å². The second kappa shape index (κ2) is 8.87. The Balaban J connectivity index is 1.59. The molecule has 9 heteroatoms. The molecule has 2 aromatic heterocycles. The lowest BCUT2D eigenvalue weighted by molar-refractivity contribution is 0.157. The summed E-state index contributed by atoms with van der Waals surface area (Å²) in [4.78, 5) is 7.19. The van der Waals surface area contributed by atoms with Crippen LogP contribution in [0.5, 0.6) is 0 Å². The first-order valence-electron chi connectivity index (χ1n) is 12.2. The van der Waals surface area contributed by atoms with Crippen LogP contribution >= 0.6 is 0 Å². The third-order valence-corrected chi connectivity index (χ3v) is 7.79. The zero-order chi connectivity index (χ0) is 25.8. The second-order valence-electron chi connectivity index (χ2n) is 9.89. The van der Waals surface area contributed by atoms with Gasteiger partial charge in [-0.2, -0.15) is 5.26 Å². The largest absolute Gasteiger partial charge is 0.365 e. The zero-order valence-corrected chi connectivity index (χ0v) is 19.5. The highest BCUT2D eigenvalue weighted by Gasteiger charge is 2.36. The lowest BCUT2D eigenvalue weighted by Gasteiger charge is -2.43. The van der Waals surface area contributed by atoms with Crippen LogP contribution in [0.15, 0.2) is 36.5 Å². The summed E-state index contributed by atoms with van der Waals surface area (Å²) in [5, 5.41) is 13.4. The molecule has 0 radical (unpaired) electrons. The molecule has 0 amide bonds. The summed E-state index contributed by atoms with van der Waals surface area (Å²) in [6.45, 7) is 0. The Morgan fingerprint density at radius 2 is 1.73 bits per heavy atom. The topological polar surface area (TPSA) is 64.5 Å². The third-order valence-electron chi connectivity index (χ3n) is 7.79. The van der Waals surface area contributed by atoms with E-state index in [0.29, 0.717) is 11.8 Å². The molecule has 3 saturated carbocycles. The van der Waals surface area contributed by atoms with E-state index < -0.39 is 29.1 Å². The van der Waals surface area contributed by atoms with Gasteiger partial charge in [-0.1, -0.05) is 18.9 Å². The van der Waals surface area contributed by atoms with Crippen molar-refractivity contribution in [3.05, 3.63) is 71.2 Å². The predicted molar refractivity (Wildman–Crippen MR) is 129 cm³/mol. The number of hydrogen-bond donors (Lipinski definition) is 2. The minimum Gasteiger partial charge on any atom is -0.365 e. The molecule has 2 bridgehead atoms. The van der Waals surface area contributed by atoms with Gasteiger partial charge in [0.2, 0.25) is 0 Å². The second-order valence-corrected chi connectivity index (χ2v) is 9.89. The standard InChI is InChI=1S/C28H21F5N4/c29-16-9-17-19(12-35-27(17)22(32)10-16)26-18(11-34)24(15-5-6-20(30)21(31)8-15)25(33)28(37-26)36-23-7-13-1-3-14(23)4-2-13/h5-6,8-10,12-14,23,35H,1-4,7H2,(H,36,37). The van der Waals surface area contributed by atoms with E-state index in [-0.39, 0.29) is 50.7 Å². The Labute approximate surface area is 209 Å². The molecule has 4 aromatic rings. The van der Waals surface area contributed by atoms with E-state index in [9.17, 15) is 22.8 Å². The number of hydrogen-bond acceptors (Lipinski definition) is 3. The average Bonchev–Trinajstić information content (AvgIpc) is 3.31. The van der Waals surface area contributed by atoms with Gasteiger partial charge in [-0.25, -0.2) is 26.9 Å². The lowest BCUT2D eigenvalue weighted by atomic mass is 9.68. The fourth-order valence-electron chi connectivity index (χ4n) is 5.97. The summed E-state index contributed by atoms with van der Waals surface area (Å²) >= 11 is 0. The molecule has 4 nitrogen and oxygen atoms in total. The van der Waals surface area contributed by atoms with Crippen molar-refractivity contribution in [1.29, 1.82) is 5.26 Å². The van der Waals surface area contributed by atoms with Gasteiger partial charge in [-0.3, -0.25) is 0 Å². The van der Waals surface area contributed by atoms with Crippen LogP contribution in [0.3, 0.4) is 0 Å². The number of fused-ring (bicyclic) bond motifs is 4. The van der Waals surface area contributed by atoms with Gasteiger partial charge in [0.1, 0.15) is 17.7 Å². The maximum atomic E-state index is 16.1. The number of nitrogens with one attached hydrogen (secondary N) is 2. The number of aromatic amines is 1. The minimum atomic E-state index is -1.20. The number of aromatic nitrogens is 2. The Bertz CT molecular complexity index is 1580. The number of nitriles is 1. The van der Waals surface area contributed by atoms with Crippen molar-refractivity contribution >= 4 is 16.7 Å². The van der Waals surface area contributed by atoms with Crippen LogP contribution in [0.25, 0.3) is 33.3 Å². The fourth-order valence-corrected chi connectivity index (χ4v) is 5.97. The molecule has 37 heavy (non-hydrogen) atoms. The molecule has 3 aliphatic carbocycles. The van der Waals surface area contributed by atoms with E-state index in [2.05, 4.69) is 15.3 Å². The van der Waals surface area contributed by atoms with E-state index in [4.69, 9.17) is 0 Å². The van der Waals surface area contributed by atoms with Crippen LogP contribution < -0.4 is 5.32 Å². The van der Waals surface area contributed by atoms with Crippen molar-refractivity contribution in [2.45, 2.75) is 38.1 Å². The molecule has 0 saturated heterocycles. The smallest absolute Gasteiger partial charge is 0.174 e. The van der Waals surface area contributed by atoms with E-state index in [0.717, 1.165) is 56.4 Å². The third kappa shape index (κ3) is 3.91. The van der Waals surface area contributed by atoms with Gasteiger partial charge in [0, 0.05) is 34.8 Å². The van der Waals surface area contributed by atoms with Crippen LogP contribution in [0.4, 0.5) is 27.8 Å². The van der Waals surface area contributed by atoms with Gasteiger partial charge < -0.3 is 10.3 Å². The number of benzene rings is 2.